The monoisotopic (exact) mass is 478 g/mol. The van der Waals surface area contributed by atoms with Crippen molar-refractivity contribution < 1.29 is 28.6 Å². The third-order valence-corrected chi connectivity index (χ3v) is 4.84. The first kappa shape index (κ1) is 25.5. The number of hydrogen-bond donors (Lipinski definition) is 0. The largest absolute Gasteiger partial charge is 0.423 e. The molecule has 0 N–H and O–H groups in total. The van der Waals surface area contributed by atoms with E-state index in [1.54, 1.807) is 54.6 Å². The lowest BCUT2D eigenvalue weighted by molar-refractivity contribution is -0.129. The highest BCUT2D eigenvalue weighted by molar-refractivity contribution is 5.86. The minimum absolute atomic E-state index is 0.303. The molecule has 3 rings (SSSR count). The van der Waals surface area contributed by atoms with Gasteiger partial charge in [-0.2, -0.15) is 0 Å². The molecular formula is C30H22O6. The molecule has 0 atom stereocenters. The molecule has 0 aliphatic heterocycles. The maximum absolute atomic E-state index is 12.0. The van der Waals surface area contributed by atoms with Crippen LogP contribution < -0.4 is 14.2 Å². The van der Waals surface area contributed by atoms with Crippen LogP contribution in [-0.2, 0) is 14.4 Å². The molecule has 0 bridgehead atoms. The number of esters is 3. The molecule has 0 aromatic heterocycles. The van der Waals surface area contributed by atoms with E-state index < -0.39 is 17.9 Å². The van der Waals surface area contributed by atoms with E-state index in [0.717, 1.165) is 29.4 Å². The van der Waals surface area contributed by atoms with Gasteiger partial charge in [0.25, 0.3) is 0 Å². The smallest absolute Gasteiger partial charge is 0.335 e. The van der Waals surface area contributed by atoms with Crippen LogP contribution in [0.2, 0.25) is 0 Å². The molecule has 178 valence electrons. The van der Waals surface area contributed by atoms with Crippen molar-refractivity contribution >= 4 is 17.9 Å². The van der Waals surface area contributed by atoms with E-state index in [9.17, 15) is 14.4 Å². The molecule has 0 unspecified atom stereocenters. The molecule has 0 aliphatic rings. The summed E-state index contributed by atoms with van der Waals surface area (Å²) in [7, 11) is 0. The van der Waals surface area contributed by atoms with Gasteiger partial charge in [0.1, 0.15) is 17.2 Å². The first-order valence-corrected chi connectivity index (χ1v) is 10.7. The zero-order chi connectivity index (χ0) is 26.1. The van der Waals surface area contributed by atoms with Gasteiger partial charge in [-0.15, -0.1) is 0 Å². The maximum atomic E-state index is 12.0. The fourth-order valence-corrected chi connectivity index (χ4v) is 3.05. The first-order valence-electron chi connectivity index (χ1n) is 10.7. The van der Waals surface area contributed by atoms with E-state index >= 15 is 0 Å². The van der Waals surface area contributed by atoms with Gasteiger partial charge in [-0.25, -0.2) is 14.4 Å². The number of rotatable bonds is 7. The van der Waals surface area contributed by atoms with Gasteiger partial charge in [0.15, 0.2) is 0 Å². The molecule has 3 aromatic rings. The fraction of sp³-hybridized carbons (Fsp3) is 0.0333. The van der Waals surface area contributed by atoms with Crippen molar-refractivity contribution in [2.75, 3.05) is 0 Å². The summed E-state index contributed by atoms with van der Waals surface area (Å²) in [6, 6.07) is 17.0. The van der Waals surface area contributed by atoms with Crippen LogP contribution in [0.4, 0.5) is 0 Å². The average Bonchev–Trinajstić information content (AvgIpc) is 2.89. The van der Waals surface area contributed by atoms with Gasteiger partial charge in [0, 0.05) is 34.9 Å². The lowest BCUT2D eigenvalue weighted by Gasteiger charge is -2.13. The molecule has 6 nitrogen and oxygen atoms in total. The minimum atomic E-state index is -0.611. The molecule has 0 aliphatic carbocycles. The van der Waals surface area contributed by atoms with E-state index in [4.69, 9.17) is 14.2 Å². The Balaban J connectivity index is 1.94. The van der Waals surface area contributed by atoms with Crippen LogP contribution in [0.3, 0.4) is 0 Å². The summed E-state index contributed by atoms with van der Waals surface area (Å²) < 4.78 is 15.7. The molecular weight excluding hydrogens is 456 g/mol. The summed E-state index contributed by atoms with van der Waals surface area (Å²) in [6.07, 6.45) is 3.24. The van der Waals surface area contributed by atoms with Gasteiger partial charge >= 0.3 is 17.9 Å². The van der Waals surface area contributed by atoms with Crippen LogP contribution in [0.1, 0.15) is 16.7 Å². The highest BCUT2D eigenvalue weighted by Gasteiger charge is 2.13. The van der Waals surface area contributed by atoms with Gasteiger partial charge in [-0.1, -0.05) is 43.7 Å². The third-order valence-electron chi connectivity index (χ3n) is 4.84. The Kier molecular flexibility index (Phi) is 8.36. The lowest BCUT2D eigenvalue weighted by Crippen LogP contribution is -2.05. The van der Waals surface area contributed by atoms with Crippen LogP contribution in [0, 0.1) is 18.8 Å². The van der Waals surface area contributed by atoms with E-state index in [1.165, 1.54) is 0 Å². The summed E-state index contributed by atoms with van der Waals surface area (Å²) in [5.41, 5.74) is 3.61. The molecule has 36 heavy (non-hydrogen) atoms. The number of benzene rings is 3. The van der Waals surface area contributed by atoms with Gasteiger partial charge in [-0.05, 0) is 66.6 Å². The number of carbonyl (C=O) groups excluding carboxylic acids is 3. The van der Waals surface area contributed by atoms with Crippen molar-refractivity contribution in [1.29, 1.82) is 0 Å². The van der Waals surface area contributed by atoms with Crippen LogP contribution in [0.15, 0.2) is 98.6 Å². The molecule has 0 spiro atoms. The Hall–Kier alpha value is -5.15. The van der Waals surface area contributed by atoms with Crippen LogP contribution in [0.5, 0.6) is 17.2 Å². The van der Waals surface area contributed by atoms with Gasteiger partial charge < -0.3 is 14.2 Å². The second kappa shape index (κ2) is 11.8. The zero-order valence-electron chi connectivity index (χ0n) is 19.6. The molecule has 0 saturated heterocycles. The molecule has 0 amide bonds. The van der Waals surface area contributed by atoms with Crippen molar-refractivity contribution in [3.63, 3.8) is 0 Å². The Morgan fingerprint density at radius 2 is 1.19 bits per heavy atom. The number of carbonyl (C=O) groups is 3. The molecule has 0 saturated carbocycles. The van der Waals surface area contributed by atoms with Crippen molar-refractivity contribution in [1.82, 2.24) is 0 Å². The normalized spacial score (nSPS) is 9.69. The second-order valence-electron chi connectivity index (χ2n) is 7.34. The minimum Gasteiger partial charge on any atom is -0.423 e. The predicted molar refractivity (Wildman–Crippen MR) is 137 cm³/mol. The lowest BCUT2D eigenvalue weighted by atomic mass is 9.98. The maximum Gasteiger partial charge on any atom is 0.335 e. The average molecular weight is 479 g/mol. The van der Waals surface area contributed by atoms with Crippen molar-refractivity contribution in [3.8, 4) is 40.2 Å². The van der Waals surface area contributed by atoms with E-state index in [2.05, 4.69) is 31.6 Å². The first-order chi connectivity index (χ1) is 17.3. The summed E-state index contributed by atoms with van der Waals surface area (Å²) in [5.74, 6) is 5.48. The van der Waals surface area contributed by atoms with E-state index in [-0.39, 0.29) is 0 Å². The molecule has 6 heteroatoms. The summed E-state index contributed by atoms with van der Waals surface area (Å²) in [5, 5.41) is 0. The Morgan fingerprint density at radius 3 is 1.72 bits per heavy atom. The van der Waals surface area contributed by atoms with Crippen molar-refractivity contribution in [3.05, 3.63) is 115 Å². The van der Waals surface area contributed by atoms with Crippen LogP contribution in [-0.4, -0.2) is 17.9 Å². The highest BCUT2D eigenvalue weighted by atomic mass is 16.5. The molecule has 0 fully saturated rings. The second-order valence-corrected chi connectivity index (χ2v) is 7.34. The van der Waals surface area contributed by atoms with Gasteiger partial charge in [-0.3, -0.25) is 0 Å². The van der Waals surface area contributed by atoms with Crippen LogP contribution in [0.25, 0.3) is 11.1 Å². The van der Waals surface area contributed by atoms with Gasteiger partial charge in [0.2, 0.25) is 0 Å². The molecule has 0 heterocycles. The highest BCUT2D eigenvalue weighted by Crippen LogP contribution is 2.34. The van der Waals surface area contributed by atoms with Gasteiger partial charge in [0.05, 0.1) is 0 Å². The van der Waals surface area contributed by atoms with Crippen molar-refractivity contribution in [2.24, 2.45) is 0 Å². The van der Waals surface area contributed by atoms with Crippen molar-refractivity contribution in [2.45, 2.75) is 6.92 Å². The third kappa shape index (κ3) is 6.69. The van der Waals surface area contributed by atoms with Crippen LogP contribution >= 0.6 is 0 Å². The zero-order valence-corrected chi connectivity index (χ0v) is 19.6. The predicted octanol–water partition coefficient (Wildman–Crippen LogP) is 5.34. The quantitative estimate of drug-likeness (QED) is 0.198. The standard InChI is InChI=1S/C30H22O6/c1-5-28(31)34-24-14-9-21(10-15-24)8-11-23-19-27(36-30(33)7-3)26(18-20(23)4)22-12-16-25(17-13-22)35-29(32)6-2/h5-7,9-10,12-19H,1-3H2,4H3. The summed E-state index contributed by atoms with van der Waals surface area (Å²) in [6.45, 7) is 12.1. The molecule has 3 aromatic carbocycles. The SMILES string of the molecule is C=CC(=O)Oc1ccc(C#Cc2cc(OC(=O)C=C)c(-c3ccc(OC(=O)C=C)cc3)cc2C)cc1. The number of hydrogen-bond acceptors (Lipinski definition) is 6. The summed E-state index contributed by atoms with van der Waals surface area (Å²) in [4.78, 5) is 34.7. The summed E-state index contributed by atoms with van der Waals surface area (Å²) >= 11 is 0. The molecule has 0 radical (unpaired) electrons. The number of ether oxygens (including phenoxy) is 3. The van der Waals surface area contributed by atoms with E-state index in [0.29, 0.717) is 33.9 Å². The van der Waals surface area contributed by atoms with E-state index in [1.807, 2.05) is 13.0 Å². The Morgan fingerprint density at radius 1 is 0.694 bits per heavy atom. The Labute approximate surface area is 209 Å². The Bertz CT molecular complexity index is 1400. The number of aryl methyl sites for hydroxylation is 1. The topological polar surface area (TPSA) is 78.9 Å². The fourth-order valence-electron chi connectivity index (χ4n) is 3.05.